The molecule has 0 saturated carbocycles. The maximum atomic E-state index is 9.37. The van der Waals surface area contributed by atoms with Crippen molar-refractivity contribution in [3.05, 3.63) is 11.5 Å². The molecule has 0 amide bonds. The second-order valence-corrected chi connectivity index (χ2v) is 2.85. The maximum Gasteiger partial charge on any atom is 0.227 e. The summed E-state index contributed by atoms with van der Waals surface area (Å²) in [4.78, 5) is 7.57. The second kappa shape index (κ2) is 2.85. The van der Waals surface area contributed by atoms with Gasteiger partial charge in [-0.3, -0.25) is 0 Å². The first kappa shape index (κ1) is 8.25. The number of hydrogen-bond donors (Lipinski definition) is 1. The predicted molar refractivity (Wildman–Crippen MR) is 47.7 cm³/mol. The molecule has 1 N–H and O–H groups in total. The van der Waals surface area contributed by atoms with Crippen molar-refractivity contribution < 1.29 is 5.11 Å². The molecule has 2 aromatic heterocycles. The molecular weight excluding hydrogens is 192 g/mol. The molecule has 0 unspecified atom stereocenters. The molecule has 2 heterocycles. The van der Waals surface area contributed by atoms with Crippen molar-refractivity contribution in [1.82, 2.24) is 19.7 Å². The van der Waals surface area contributed by atoms with Gasteiger partial charge >= 0.3 is 0 Å². The number of aromatic nitrogens is 4. The number of aromatic hydroxyl groups is 1. The summed E-state index contributed by atoms with van der Waals surface area (Å²) in [5.41, 5.74) is 0.556. The van der Waals surface area contributed by atoms with Gasteiger partial charge in [0.25, 0.3) is 0 Å². The van der Waals surface area contributed by atoms with Crippen LogP contribution in [0.4, 0.5) is 0 Å². The number of rotatable bonds is 1. The van der Waals surface area contributed by atoms with Crippen LogP contribution in [0.25, 0.3) is 11.0 Å². The van der Waals surface area contributed by atoms with E-state index in [1.165, 1.54) is 6.20 Å². The fourth-order valence-electron chi connectivity index (χ4n) is 1.15. The van der Waals surface area contributed by atoms with E-state index in [0.717, 1.165) is 0 Å². The van der Waals surface area contributed by atoms with Gasteiger partial charge in [0, 0.05) is 6.54 Å². The molecule has 13 heavy (non-hydrogen) atoms. The molecule has 0 saturated heterocycles. The van der Waals surface area contributed by atoms with E-state index in [4.69, 9.17) is 11.6 Å². The van der Waals surface area contributed by atoms with Crippen LogP contribution in [0.15, 0.2) is 6.20 Å². The van der Waals surface area contributed by atoms with Gasteiger partial charge in [-0.05, 0) is 18.5 Å². The Morgan fingerprint density at radius 2 is 2.31 bits per heavy atom. The maximum absolute atomic E-state index is 9.37. The van der Waals surface area contributed by atoms with Gasteiger partial charge in [-0.1, -0.05) is 0 Å². The molecule has 2 aromatic rings. The Bertz CT molecular complexity index is 453. The van der Waals surface area contributed by atoms with E-state index in [1.807, 2.05) is 6.92 Å². The summed E-state index contributed by atoms with van der Waals surface area (Å²) >= 11 is 5.59. The highest BCUT2D eigenvalue weighted by atomic mass is 35.5. The van der Waals surface area contributed by atoms with Crippen LogP contribution in [-0.4, -0.2) is 24.9 Å². The first-order chi connectivity index (χ1) is 6.22. The zero-order valence-electron chi connectivity index (χ0n) is 6.90. The summed E-state index contributed by atoms with van der Waals surface area (Å²) in [6.45, 7) is 2.61. The lowest BCUT2D eigenvalue weighted by Crippen LogP contribution is -1.97. The van der Waals surface area contributed by atoms with Crippen LogP contribution in [0, 0.1) is 0 Å². The second-order valence-electron chi connectivity index (χ2n) is 2.51. The Balaban J connectivity index is 2.82. The van der Waals surface area contributed by atoms with Gasteiger partial charge in [0.15, 0.2) is 5.65 Å². The molecule has 68 valence electrons. The van der Waals surface area contributed by atoms with Gasteiger partial charge in [0.2, 0.25) is 11.2 Å². The van der Waals surface area contributed by atoms with Crippen LogP contribution in [0.5, 0.6) is 5.88 Å². The molecule has 0 aliphatic heterocycles. The molecule has 6 heteroatoms. The summed E-state index contributed by atoms with van der Waals surface area (Å²) < 4.78 is 1.64. The third-order valence-electron chi connectivity index (χ3n) is 1.75. The van der Waals surface area contributed by atoms with Gasteiger partial charge < -0.3 is 5.11 Å². The lowest BCUT2D eigenvalue weighted by atomic mass is 10.4. The number of nitrogens with zero attached hydrogens (tertiary/aromatic N) is 4. The lowest BCUT2D eigenvalue weighted by Gasteiger charge is -1.97. The zero-order chi connectivity index (χ0) is 9.42. The minimum atomic E-state index is -0.130. The van der Waals surface area contributed by atoms with Crippen molar-refractivity contribution in [3.63, 3.8) is 0 Å². The largest absolute Gasteiger partial charge is 0.493 e. The van der Waals surface area contributed by atoms with E-state index in [2.05, 4.69) is 15.1 Å². The van der Waals surface area contributed by atoms with E-state index in [0.29, 0.717) is 17.6 Å². The molecule has 0 radical (unpaired) electrons. The molecule has 0 aromatic carbocycles. The van der Waals surface area contributed by atoms with Crippen molar-refractivity contribution in [2.75, 3.05) is 0 Å². The van der Waals surface area contributed by atoms with Crippen LogP contribution in [0.2, 0.25) is 5.28 Å². The van der Waals surface area contributed by atoms with Crippen molar-refractivity contribution in [3.8, 4) is 5.88 Å². The highest BCUT2D eigenvalue weighted by molar-refractivity contribution is 6.28. The summed E-state index contributed by atoms with van der Waals surface area (Å²) in [5, 5.41) is 13.9. The van der Waals surface area contributed by atoms with E-state index >= 15 is 0 Å². The summed E-state index contributed by atoms with van der Waals surface area (Å²) in [6.07, 6.45) is 1.52. The third-order valence-corrected chi connectivity index (χ3v) is 1.92. The molecule has 0 aliphatic carbocycles. The Hall–Kier alpha value is -1.36. The molecule has 0 fully saturated rings. The number of fused-ring (bicyclic) bond motifs is 1. The van der Waals surface area contributed by atoms with E-state index in [1.54, 1.807) is 4.68 Å². The molecule has 2 rings (SSSR count). The third kappa shape index (κ3) is 1.21. The topological polar surface area (TPSA) is 63.8 Å². The molecule has 0 spiro atoms. The van der Waals surface area contributed by atoms with Crippen molar-refractivity contribution in [1.29, 1.82) is 0 Å². The number of hydrogen-bond acceptors (Lipinski definition) is 4. The van der Waals surface area contributed by atoms with Crippen LogP contribution in [-0.2, 0) is 6.54 Å². The van der Waals surface area contributed by atoms with Gasteiger partial charge in [-0.25, -0.2) is 4.68 Å². The monoisotopic (exact) mass is 198 g/mol. The average Bonchev–Trinajstić information content (AvgIpc) is 2.47. The Morgan fingerprint density at radius 1 is 1.54 bits per heavy atom. The van der Waals surface area contributed by atoms with Crippen molar-refractivity contribution in [2.45, 2.75) is 13.5 Å². The normalized spacial score (nSPS) is 10.9. The van der Waals surface area contributed by atoms with Crippen LogP contribution < -0.4 is 0 Å². The Labute approximate surface area is 79.0 Å². The van der Waals surface area contributed by atoms with Crippen LogP contribution in [0.3, 0.4) is 0 Å². The predicted octanol–water partition coefficient (Wildman–Crippen LogP) is 1.21. The summed E-state index contributed by atoms with van der Waals surface area (Å²) in [5.74, 6) is -0.130. The van der Waals surface area contributed by atoms with Crippen LogP contribution in [0.1, 0.15) is 6.92 Å². The first-order valence-corrected chi connectivity index (χ1v) is 4.18. The highest BCUT2D eigenvalue weighted by Gasteiger charge is 2.09. The number of halogens is 1. The molecule has 0 aliphatic rings. The quantitative estimate of drug-likeness (QED) is 0.700. The van der Waals surface area contributed by atoms with E-state index in [9.17, 15) is 5.11 Å². The molecular formula is C7H7ClN4O. The standard InChI is InChI=1S/C7H7ClN4O/c1-2-12-5-4(3-9-12)6(13)11-7(8)10-5/h3H,2H2,1H3,(H,10,11,13). The Kier molecular flexibility index (Phi) is 1.81. The van der Waals surface area contributed by atoms with Crippen LogP contribution >= 0.6 is 11.6 Å². The van der Waals surface area contributed by atoms with Gasteiger partial charge in [-0.15, -0.1) is 0 Å². The summed E-state index contributed by atoms with van der Waals surface area (Å²) in [6, 6.07) is 0. The van der Waals surface area contributed by atoms with E-state index in [-0.39, 0.29) is 11.2 Å². The Morgan fingerprint density at radius 3 is 3.00 bits per heavy atom. The number of aryl methyl sites for hydroxylation is 1. The van der Waals surface area contributed by atoms with Gasteiger partial charge in [-0.2, -0.15) is 15.1 Å². The highest BCUT2D eigenvalue weighted by Crippen LogP contribution is 2.21. The van der Waals surface area contributed by atoms with E-state index < -0.39 is 0 Å². The van der Waals surface area contributed by atoms with Crippen molar-refractivity contribution >= 4 is 22.6 Å². The first-order valence-electron chi connectivity index (χ1n) is 3.80. The average molecular weight is 199 g/mol. The minimum Gasteiger partial charge on any atom is -0.493 e. The smallest absolute Gasteiger partial charge is 0.227 e. The fraction of sp³-hybridized carbons (Fsp3) is 0.286. The zero-order valence-corrected chi connectivity index (χ0v) is 7.65. The van der Waals surface area contributed by atoms with Crippen molar-refractivity contribution in [2.24, 2.45) is 0 Å². The molecule has 5 nitrogen and oxygen atoms in total. The SMILES string of the molecule is CCn1ncc2c(O)nc(Cl)nc21. The fourth-order valence-corrected chi connectivity index (χ4v) is 1.31. The van der Waals surface area contributed by atoms with Gasteiger partial charge in [0.05, 0.1) is 6.20 Å². The summed E-state index contributed by atoms with van der Waals surface area (Å²) in [7, 11) is 0. The minimum absolute atomic E-state index is 0.0280. The molecule has 0 bridgehead atoms. The van der Waals surface area contributed by atoms with Gasteiger partial charge in [0.1, 0.15) is 5.39 Å². The lowest BCUT2D eigenvalue weighted by molar-refractivity contribution is 0.459. The molecule has 0 atom stereocenters.